The van der Waals surface area contributed by atoms with Crippen molar-refractivity contribution in [2.45, 2.75) is 19.8 Å². The van der Waals surface area contributed by atoms with Crippen LogP contribution in [0.4, 0.5) is 15.9 Å². The molecule has 0 unspecified atom stereocenters. The molecule has 1 amide bonds. The van der Waals surface area contributed by atoms with Crippen LogP contribution in [0, 0.1) is 19.3 Å². The van der Waals surface area contributed by atoms with Gasteiger partial charge in [0.2, 0.25) is 5.91 Å². The number of carbonyl (C=O) groups excluding carboxylic acids is 1. The molecule has 2 aromatic carbocycles. The van der Waals surface area contributed by atoms with E-state index in [4.69, 9.17) is 11.7 Å². The van der Waals surface area contributed by atoms with E-state index in [0.29, 0.717) is 33.5 Å². The monoisotopic (exact) mass is 392 g/mol. The molecule has 0 saturated carbocycles. The Morgan fingerprint density at radius 1 is 1.34 bits per heavy atom. The average molecular weight is 392 g/mol. The van der Waals surface area contributed by atoms with E-state index in [2.05, 4.69) is 20.4 Å². The summed E-state index contributed by atoms with van der Waals surface area (Å²) >= 11 is 0. The third-order valence-corrected chi connectivity index (χ3v) is 4.39. The number of carboxylic acid groups (broad SMARTS) is 1. The average Bonchev–Trinajstić information content (AvgIpc) is 3.10. The molecule has 29 heavy (non-hydrogen) atoms. The zero-order chi connectivity index (χ0) is 21.0. The molecule has 0 fully saturated rings. The fourth-order valence-corrected chi connectivity index (χ4v) is 2.81. The number of benzene rings is 2. The van der Waals surface area contributed by atoms with Crippen molar-refractivity contribution in [3.63, 3.8) is 0 Å². The van der Waals surface area contributed by atoms with E-state index in [9.17, 15) is 14.0 Å². The molecule has 0 bridgehead atoms. The van der Waals surface area contributed by atoms with Gasteiger partial charge in [-0.2, -0.15) is 0 Å². The molecule has 8 heteroatoms. The van der Waals surface area contributed by atoms with Crippen molar-refractivity contribution >= 4 is 40.4 Å². The van der Waals surface area contributed by atoms with Gasteiger partial charge in [-0.25, -0.2) is 9.49 Å². The van der Waals surface area contributed by atoms with Gasteiger partial charge < -0.3 is 15.3 Å². The van der Waals surface area contributed by atoms with Gasteiger partial charge in [0.25, 0.3) is 5.82 Å². The summed E-state index contributed by atoms with van der Waals surface area (Å²) in [6.45, 7) is 8.60. The van der Waals surface area contributed by atoms with Gasteiger partial charge in [0.05, 0.1) is 0 Å². The molecule has 0 radical (unpaired) electrons. The summed E-state index contributed by atoms with van der Waals surface area (Å²) in [4.78, 5) is 26.3. The van der Waals surface area contributed by atoms with Gasteiger partial charge in [0, 0.05) is 29.1 Å². The summed E-state index contributed by atoms with van der Waals surface area (Å²) in [5.41, 5.74) is 2.39. The second-order valence-electron chi connectivity index (χ2n) is 6.43. The topological polar surface area (TPSA) is 99.4 Å². The number of hydrogen-bond acceptors (Lipinski definition) is 3. The first-order chi connectivity index (χ1) is 13.9. The number of aromatic nitrogens is 2. The maximum Gasteiger partial charge on any atom is 0.303 e. The number of nitrogens with one attached hydrogen (secondary N) is 2. The largest absolute Gasteiger partial charge is 0.481 e. The molecule has 7 nitrogen and oxygen atoms in total. The zero-order valence-electron chi connectivity index (χ0n) is 15.5. The number of nitrogens with zero attached hydrogens (tertiary/aromatic N) is 2. The van der Waals surface area contributed by atoms with Gasteiger partial charge in [-0.1, -0.05) is 18.7 Å². The molecular formula is C21H17FN4O3. The number of aryl methyl sites for hydroxylation is 1. The van der Waals surface area contributed by atoms with E-state index in [0.717, 1.165) is 0 Å². The SMILES string of the molecule is [C-]#[N+]c1[nH]nc2cc(/C=C/C(=O)Nc3cc(CCC(=O)O)cc(F)c3C)ccc12. The minimum atomic E-state index is -0.975. The number of rotatable bonds is 6. The van der Waals surface area contributed by atoms with Crippen molar-refractivity contribution in [2.75, 3.05) is 5.32 Å². The van der Waals surface area contributed by atoms with E-state index in [1.54, 1.807) is 30.3 Å². The Morgan fingerprint density at radius 3 is 2.86 bits per heavy atom. The molecule has 0 aliphatic rings. The molecule has 1 heterocycles. The van der Waals surface area contributed by atoms with Crippen molar-refractivity contribution in [3.05, 3.63) is 70.3 Å². The Balaban J connectivity index is 1.74. The second kappa shape index (κ2) is 8.35. The Hall–Kier alpha value is -3.99. The first-order valence-corrected chi connectivity index (χ1v) is 8.73. The summed E-state index contributed by atoms with van der Waals surface area (Å²) in [6.07, 6.45) is 2.94. The third-order valence-electron chi connectivity index (χ3n) is 4.39. The standard InChI is InChI=1S/C21H17FN4O3/c1-12-16(22)9-14(5-8-20(28)29)11-17(12)24-19(27)7-4-13-3-6-15-18(10-13)25-26-21(15)23-2/h3-4,6-7,9-11H,5,8H2,1H3,(H,24,27)(H,25,26)(H,28,29)/b7-4+. The van der Waals surface area contributed by atoms with Gasteiger partial charge in [-0.05, 0) is 48.7 Å². The van der Waals surface area contributed by atoms with Crippen molar-refractivity contribution in [3.8, 4) is 0 Å². The van der Waals surface area contributed by atoms with Crippen LogP contribution in [0.15, 0.2) is 36.4 Å². The lowest BCUT2D eigenvalue weighted by atomic mass is 10.0. The summed E-state index contributed by atoms with van der Waals surface area (Å²) in [5, 5.41) is 18.8. The molecule has 1 aromatic heterocycles. The van der Waals surface area contributed by atoms with Crippen LogP contribution in [0.2, 0.25) is 0 Å². The number of anilines is 1. The Kier molecular flexibility index (Phi) is 5.69. The fraction of sp³-hybridized carbons (Fsp3) is 0.143. The molecule has 0 spiro atoms. The van der Waals surface area contributed by atoms with Gasteiger partial charge in [-0.3, -0.25) is 9.59 Å². The number of fused-ring (bicyclic) bond motifs is 1. The zero-order valence-corrected chi connectivity index (χ0v) is 15.5. The quantitative estimate of drug-likeness (QED) is 0.432. The van der Waals surface area contributed by atoms with Crippen molar-refractivity contribution < 1.29 is 19.1 Å². The van der Waals surface area contributed by atoms with Crippen LogP contribution < -0.4 is 5.32 Å². The minimum Gasteiger partial charge on any atom is -0.481 e. The number of aromatic amines is 1. The van der Waals surface area contributed by atoms with Crippen LogP contribution in [0.1, 0.15) is 23.1 Å². The number of hydrogen-bond donors (Lipinski definition) is 3. The first kappa shape index (κ1) is 19.8. The smallest absolute Gasteiger partial charge is 0.303 e. The molecule has 3 N–H and O–H groups in total. The molecule has 0 aliphatic heterocycles. The highest BCUT2D eigenvalue weighted by atomic mass is 19.1. The highest BCUT2D eigenvalue weighted by Gasteiger charge is 2.10. The third kappa shape index (κ3) is 4.65. The Bertz CT molecular complexity index is 1170. The molecule has 0 saturated heterocycles. The summed E-state index contributed by atoms with van der Waals surface area (Å²) in [7, 11) is 0. The van der Waals surface area contributed by atoms with Crippen LogP contribution in [0.5, 0.6) is 0 Å². The van der Waals surface area contributed by atoms with Gasteiger partial charge in [0.15, 0.2) is 0 Å². The van der Waals surface area contributed by atoms with Crippen LogP contribution in [0.25, 0.3) is 21.8 Å². The lowest BCUT2D eigenvalue weighted by molar-refractivity contribution is -0.137. The first-order valence-electron chi connectivity index (χ1n) is 8.73. The highest BCUT2D eigenvalue weighted by Crippen LogP contribution is 2.24. The lowest BCUT2D eigenvalue weighted by Crippen LogP contribution is -2.10. The van der Waals surface area contributed by atoms with Crippen LogP contribution in [-0.2, 0) is 16.0 Å². The number of aliphatic carboxylic acids is 1. The molecule has 3 rings (SSSR count). The second-order valence-corrected chi connectivity index (χ2v) is 6.43. The van der Waals surface area contributed by atoms with E-state index >= 15 is 0 Å². The summed E-state index contributed by atoms with van der Waals surface area (Å²) < 4.78 is 14.1. The Morgan fingerprint density at radius 2 is 2.14 bits per heavy atom. The fourth-order valence-electron chi connectivity index (χ4n) is 2.81. The van der Waals surface area contributed by atoms with E-state index < -0.39 is 17.7 Å². The number of halogens is 1. The molecular weight excluding hydrogens is 375 g/mol. The van der Waals surface area contributed by atoms with Crippen LogP contribution in [-0.4, -0.2) is 27.2 Å². The van der Waals surface area contributed by atoms with E-state index in [1.807, 2.05) is 0 Å². The number of H-pyrrole nitrogens is 1. The van der Waals surface area contributed by atoms with Crippen LogP contribution in [0.3, 0.4) is 0 Å². The summed E-state index contributed by atoms with van der Waals surface area (Å²) in [6, 6.07) is 8.10. The van der Waals surface area contributed by atoms with Gasteiger partial charge in [-0.15, -0.1) is 5.10 Å². The molecule has 0 atom stereocenters. The highest BCUT2D eigenvalue weighted by molar-refractivity contribution is 6.02. The predicted molar refractivity (Wildman–Crippen MR) is 107 cm³/mol. The number of amides is 1. The maximum absolute atomic E-state index is 14.1. The molecule has 146 valence electrons. The van der Waals surface area contributed by atoms with Gasteiger partial charge in [0.1, 0.15) is 11.3 Å². The molecule has 0 aliphatic carbocycles. The molecule has 3 aromatic rings. The van der Waals surface area contributed by atoms with E-state index in [-0.39, 0.29) is 18.4 Å². The van der Waals surface area contributed by atoms with Crippen molar-refractivity contribution in [2.24, 2.45) is 0 Å². The number of carbonyl (C=O) groups is 2. The van der Waals surface area contributed by atoms with Crippen molar-refractivity contribution in [1.29, 1.82) is 0 Å². The van der Waals surface area contributed by atoms with E-state index in [1.165, 1.54) is 19.1 Å². The van der Waals surface area contributed by atoms with Crippen LogP contribution >= 0.6 is 0 Å². The minimum absolute atomic E-state index is 0.124. The van der Waals surface area contributed by atoms with Gasteiger partial charge >= 0.3 is 5.97 Å². The predicted octanol–water partition coefficient (Wildman–Crippen LogP) is 4.23. The maximum atomic E-state index is 14.1. The normalized spacial score (nSPS) is 10.9. The summed E-state index contributed by atoms with van der Waals surface area (Å²) in [5.74, 6) is -1.58. The lowest BCUT2D eigenvalue weighted by Gasteiger charge is -2.10. The number of carboxylic acids is 1. The van der Waals surface area contributed by atoms with Crippen molar-refractivity contribution in [1.82, 2.24) is 10.2 Å². The Labute approximate surface area is 165 Å².